The molecule has 0 spiro atoms. The minimum absolute atomic E-state index is 0.00783. The number of aliphatic hydroxyl groups excluding tert-OH is 10. The van der Waals surface area contributed by atoms with E-state index in [1.54, 1.807) is 32.1 Å². The van der Waals surface area contributed by atoms with E-state index in [0.717, 1.165) is 11.6 Å². The van der Waals surface area contributed by atoms with E-state index >= 15 is 0 Å². The number of aromatic hydroxyl groups is 1. The number of fused-ring (bicyclic) bond motifs is 1. The zero-order valence-corrected chi connectivity index (χ0v) is 32.3. The molecule has 4 heterocycles. The van der Waals surface area contributed by atoms with Crippen LogP contribution in [0.1, 0.15) is 26.3 Å². The van der Waals surface area contributed by atoms with Gasteiger partial charge in [-0.15, -0.1) is 0 Å². The van der Waals surface area contributed by atoms with Crippen molar-refractivity contribution in [2.24, 2.45) is 0 Å². The molecule has 20 nitrogen and oxygen atoms in total. The first-order valence-corrected chi connectivity index (χ1v) is 18.8. The number of ether oxygens (including phenoxy) is 7. The third kappa shape index (κ3) is 8.79. The quantitative estimate of drug-likeness (QED) is 0.0870. The Morgan fingerprint density at radius 1 is 0.746 bits per heavy atom. The van der Waals surface area contributed by atoms with Gasteiger partial charge in [0.1, 0.15) is 95.4 Å². The van der Waals surface area contributed by atoms with Crippen LogP contribution < -0.4 is 19.6 Å². The molecule has 11 N–H and O–H groups in total. The second-order valence-electron chi connectivity index (χ2n) is 14.8. The van der Waals surface area contributed by atoms with Crippen LogP contribution in [0.15, 0.2) is 51.2 Å². The Bertz CT molecular complexity index is 1990. The van der Waals surface area contributed by atoms with Crippen molar-refractivity contribution < 1.29 is 93.7 Å². The monoisotopic (exact) mass is 838 g/mol. The summed E-state index contributed by atoms with van der Waals surface area (Å²) in [7, 11) is 1.44. The largest absolute Gasteiger partial charge is 0.507 e. The van der Waals surface area contributed by atoms with Gasteiger partial charge in [-0.3, -0.25) is 4.79 Å². The molecule has 3 aromatic rings. The Labute approximate surface area is 336 Å². The minimum Gasteiger partial charge on any atom is -0.507 e. The minimum atomic E-state index is -1.96. The lowest BCUT2D eigenvalue weighted by molar-refractivity contribution is -0.350. The summed E-state index contributed by atoms with van der Waals surface area (Å²) in [5.41, 5.74) is -0.00688. The van der Waals surface area contributed by atoms with Gasteiger partial charge in [-0.05, 0) is 51.5 Å². The molecular formula is C39H50O20. The fourth-order valence-corrected chi connectivity index (χ4v) is 7.00. The molecular weight excluding hydrogens is 788 g/mol. The van der Waals surface area contributed by atoms with E-state index in [-0.39, 0.29) is 34.6 Å². The predicted octanol–water partition coefficient (Wildman–Crippen LogP) is -2.11. The predicted molar refractivity (Wildman–Crippen MR) is 199 cm³/mol. The summed E-state index contributed by atoms with van der Waals surface area (Å²) in [6.45, 7) is 3.48. The first kappa shape index (κ1) is 44.6. The van der Waals surface area contributed by atoms with Gasteiger partial charge in [0.2, 0.25) is 23.8 Å². The maximum Gasteiger partial charge on any atom is 0.239 e. The van der Waals surface area contributed by atoms with E-state index in [4.69, 9.17) is 37.6 Å². The van der Waals surface area contributed by atoms with Crippen molar-refractivity contribution in [3.63, 3.8) is 0 Å². The molecule has 0 unspecified atom stereocenters. The summed E-state index contributed by atoms with van der Waals surface area (Å²) in [4.78, 5) is 14.6. The van der Waals surface area contributed by atoms with Gasteiger partial charge in [0.05, 0.1) is 26.4 Å². The maximum absolute atomic E-state index is 14.6. The summed E-state index contributed by atoms with van der Waals surface area (Å²) in [5.74, 6) is -1.30. The van der Waals surface area contributed by atoms with Crippen molar-refractivity contribution in [1.29, 1.82) is 0 Å². The molecule has 0 amide bonds. The third-order valence-electron chi connectivity index (χ3n) is 10.5. The fraction of sp³-hybridized carbons (Fsp3) is 0.564. The van der Waals surface area contributed by atoms with Crippen molar-refractivity contribution in [3.05, 3.63) is 57.8 Å². The summed E-state index contributed by atoms with van der Waals surface area (Å²) in [6.07, 6.45) is -23.4. The Kier molecular flexibility index (Phi) is 13.9. The number of hydrogen-bond acceptors (Lipinski definition) is 20. The maximum atomic E-state index is 14.6. The molecule has 59 heavy (non-hydrogen) atoms. The van der Waals surface area contributed by atoms with E-state index in [1.165, 1.54) is 26.2 Å². The van der Waals surface area contributed by atoms with Crippen LogP contribution in [-0.2, 0) is 25.4 Å². The van der Waals surface area contributed by atoms with Gasteiger partial charge >= 0.3 is 0 Å². The van der Waals surface area contributed by atoms with Crippen LogP contribution in [0.4, 0.5) is 0 Å². The van der Waals surface area contributed by atoms with E-state index in [9.17, 15) is 61.0 Å². The lowest BCUT2D eigenvalue weighted by Crippen LogP contribution is -2.64. The average Bonchev–Trinajstić information content (AvgIpc) is 3.21. The number of allylic oxidation sites excluding steroid dienone is 2. The molecule has 6 rings (SSSR count). The van der Waals surface area contributed by atoms with Gasteiger partial charge in [0.25, 0.3) is 0 Å². The zero-order chi connectivity index (χ0) is 43.0. The molecule has 0 aliphatic carbocycles. The Morgan fingerprint density at radius 3 is 1.90 bits per heavy atom. The third-order valence-corrected chi connectivity index (χ3v) is 10.5. The number of hydrogen-bond donors (Lipinski definition) is 11. The number of phenolic OH excluding ortho intramolecular Hbond substituents is 1. The number of rotatable bonds is 12. The van der Waals surface area contributed by atoms with Crippen LogP contribution in [0, 0.1) is 0 Å². The molecule has 15 atom stereocenters. The smallest absolute Gasteiger partial charge is 0.239 e. The number of benzene rings is 2. The molecule has 3 aliphatic rings. The first-order valence-electron chi connectivity index (χ1n) is 18.8. The second-order valence-corrected chi connectivity index (χ2v) is 14.8. The standard InChI is InChI=1S/C39H50O20/c1-14(2)5-10-18-20(54-37-30(49)28(47)25(44)21(12-40)55-37)11-19(42)23-27(46)36(33(57-34(18)23)16-6-8-17(52-4)9-7-16)59-39-32(51)35(24(43)15(3)53-39)58-38-31(50)29(48)26(45)22(13-41)56-38/h5-9,11,15,21-22,24-26,28-32,35,37-45,47-51H,10,12-13H2,1-4H3/t15-,21+,22+,24-,25+,26-,28-,29-,30+,31+,32+,35+,37+,38-,39-/m0/s1. The van der Waals surface area contributed by atoms with Gasteiger partial charge in [-0.2, -0.15) is 0 Å². The molecule has 3 fully saturated rings. The zero-order valence-electron chi connectivity index (χ0n) is 32.3. The van der Waals surface area contributed by atoms with Crippen LogP contribution >= 0.6 is 0 Å². The molecule has 2 aromatic carbocycles. The summed E-state index contributed by atoms with van der Waals surface area (Å²) in [6, 6.07) is 7.20. The molecule has 326 valence electrons. The number of methoxy groups -OCH3 is 1. The van der Waals surface area contributed by atoms with Gasteiger partial charge in [0.15, 0.2) is 12.1 Å². The fourth-order valence-electron chi connectivity index (χ4n) is 7.00. The molecule has 3 aliphatic heterocycles. The van der Waals surface area contributed by atoms with E-state index in [0.29, 0.717) is 5.75 Å². The topological polar surface area (TPSA) is 317 Å². The lowest BCUT2D eigenvalue weighted by Gasteiger charge is -2.45. The van der Waals surface area contributed by atoms with E-state index < -0.39 is 128 Å². The van der Waals surface area contributed by atoms with Crippen molar-refractivity contribution in [3.8, 4) is 34.3 Å². The summed E-state index contributed by atoms with van der Waals surface area (Å²) < 4.78 is 46.2. The van der Waals surface area contributed by atoms with E-state index in [2.05, 4.69) is 0 Å². The highest BCUT2D eigenvalue weighted by atomic mass is 16.7. The summed E-state index contributed by atoms with van der Waals surface area (Å²) >= 11 is 0. The molecule has 1 aromatic heterocycles. The van der Waals surface area contributed by atoms with Crippen molar-refractivity contribution >= 4 is 11.0 Å². The SMILES string of the molecule is COc1ccc(-c2oc3c(CC=C(C)C)c(O[C@@H]4O[C@H](CO)[C@@H](O)[C@H](O)[C@H]4O)cc(O)c3c(=O)c2O[C@@H]2O[C@@H](C)[C@H](O)[C@@H](O[C@@H]3O[C@H](CO)[C@H](O)[C@H](O)[C@H]3O)[C@H]2O)cc1. The molecule has 0 bridgehead atoms. The van der Waals surface area contributed by atoms with Crippen LogP contribution in [0.2, 0.25) is 0 Å². The second kappa shape index (κ2) is 18.3. The van der Waals surface area contributed by atoms with Crippen molar-refractivity contribution in [1.82, 2.24) is 0 Å². The van der Waals surface area contributed by atoms with Crippen molar-refractivity contribution in [2.45, 2.75) is 119 Å². The van der Waals surface area contributed by atoms with Crippen LogP contribution in [0.5, 0.6) is 23.0 Å². The Morgan fingerprint density at radius 2 is 1.32 bits per heavy atom. The molecule has 0 saturated carbocycles. The average molecular weight is 839 g/mol. The highest BCUT2D eigenvalue weighted by Gasteiger charge is 2.51. The molecule has 0 radical (unpaired) electrons. The number of phenols is 1. The normalized spacial score (nSPS) is 35.0. The van der Waals surface area contributed by atoms with Crippen molar-refractivity contribution in [2.75, 3.05) is 20.3 Å². The highest BCUT2D eigenvalue weighted by molar-refractivity contribution is 5.91. The van der Waals surface area contributed by atoms with Gasteiger partial charge < -0.3 is 93.7 Å². The van der Waals surface area contributed by atoms with Gasteiger partial charge in [-0.25, -0.2) is 0 Å². The molecule has 3 saturated heterocycles. The number of aliphatic hydroxyl groups is 10. The summed E-state index contributed by atoms with van der Waals surface area (Å²) in [5, 5.41) is 116. The van der Waals surface area contributed by atoms with E-state index in [1.807, 2.05) is 0 Å². The highest BCUT2D eigenvalue weighted by Crippen LogP contribution is 2.42. The lowest BCUT2D eigenvalue weighted by atomic mass is 9.97. The van der Waals surface area contributed by atoms with Gasteiger partial charge in [-0.1, -0.05) is 11.6 Å². The Balaban J connectivity index is 1.45. The van der Waals surface area contributed by atoms with Crippen LogP contribution in [0.25, 0.3) is 22.3 Å². The van der Waals surface area contributed by atoms with Crippen LogP contribution in [-0.4, -0.2) is 169 Å². The molecule has 20 heteroatoms. The van der Waals surface area contributed by atoms with Crippen LogP contribution in [0.3, 0.4) is 0 Å². The van der Waals surface area contributed by atoms with Gasteiger partial charge in [0, 0.05) is 17.2 Å². The first-order chi connectivity index (χ1) is 28.0. The Hall–Kier alpha value is -3.97.